The van der Waals surface area contributed by atoms with Crippen molar-refractivity contribution in [3.05, 3.63) is 18.2 Å². The SMILES string of the molecule is NCCn1cnc(C(=O)NC(CO)(CO)CO)c1. The topological polar surface area (TPSA) is 134 Å². The van der Waals surface area contributed by atoms with E-state index >= 15 is 0 Å². The second kappa shape index (κ2) is 6.45. The summed E-state index contributed by atoms with van der Waals surface area (Å²) in [6.45, 7) is -0.767. The Morgan fingerprint density at radius 2 is 2.00 bits per heavy atom. The first-order valence-electron chi connectivity index (χ1n) is 5.47. The number of nitrogens with two attached hydrogens (primary N) is 1. The molecule has 0 aromatic carbocycles. The minimum absolute atomic E-state index is 0.128. The maximum atomic E-state index is 11.8. The van der Waals surface area contributed by atoms with Gasteiger partial charge in [0, 0.05) is 19.3 Å². The number of aromatic nitrogens is 2. The first-order chi connectivity index (χ1) is 8.60. The quantitative estimate of drug-likeness (QED) is 0.361. The molecule has 6 N–H and O–H groups in total. The Balaban J connectivity index is 2.74. The van der Waals surface area contributed by atoms with Gasteiger partial charge in [-0.05, 0) is 0 Å². The van der Waals surface area contributed by atoms with Crippen LogP contribution in [0, 0.1) is 0 Å². The summed E-state index contributed by atoms with van der Waals surface area (Å²) >= 11 is 0. The van der Waals surface area contributed by atoms with Gasteiger partial charge in [0.25, 0.3) is 5.91 Å². The van der Waals surface area contributed by atoms with Gasteiger partial charge in [0.05, 0.1) is 26.1 Å². The van der Waals surface area contributed by atoms with E-state index in [4.69, 9.17) is 21.1 Å². The molecule has 102 valence electrons. The largest absolute Gasteiger partial charge is 0.394 e. The molecule has 0 radical (unpaired) electrons. The van der Waals surface area contributed by atoms with Gasteiger partial charge in [-0.25, -0.2) is 4.98 Å². The van der Waals surface area contributed by atoms with Crippen LogP contribution >= 0.6 is 0 Å². The van der Waals surface area contributed by atoms with Gasteiger partial charge in [-0.1, -0.05) is 0 Å². The Hall–Kier alpha value is -1.48. The third kappa shape index (κ3) is 3.26. The molecule has 1 rings (SSSR count). The molecule has 0 saturated heterocycles. The molecule has 0 aliphatic heterocycles. The number of carbonyl (C=O) groups is 1. The van der Waals surface area contributed by atoms with Crippen molar-refractivity contribution in [1.29, 1.82) is 0 Å². The van der Waals surface area contributed by atoms with E-state index in [1.165, 1.54) is 12.5 Å². The summed E-state index contributed by atoms with van der Waals surface area (Å²) in [6.07, 6.45) is 2.96. The van der Waals surface area contributed by atoms with Crippen molar-refractivity contribution in [3.8, 4) is 0 Å². The molecule has 1 aromatic rings. The third-order valence-electron chi connectivity index (χ3n) is 2.54. The van der Waals surface area contributed by atoms with Crippen molar-refractivity contribution in [1.82, 2.24) is 14.9 Å². The summed E-state index contributed by atoms with van der Waals surface area (Å²) < 4.78 is 1.65. The molecule has 18 heavy (non-hydrogen) atoms. The molecule has 0 aliphatic carbocycles. The second-order valence-electron chi connectivity index (χ2n) is 3.99. The van der Waals surface area contributed by atoms with E-state index < -0.39 is 31.3 Å². The Morgan fingerprint density at radius 3 is 2.50 bits per heavy atom. The molecular formula is C10H18N4O4. The van der Waals surface area contributed by atoms with E-state index in [2.05, 4.69) is 10.3 Å². The van der Waals surface area contributed by atoms with Crippen LogP contribution in [0.25, 0.3) is 0 Å². The van der Waals surface area contributed by atoms with E-state index in [1.807, 2.05) is 0 Å². The van der Waals surface area contributed by atoms with Crippen molar-refractivity contribution >= 4 is 5.91 Å². The number of nitrogens with one attached hydrogen (secondary N) is 1. The Kier molecular flexibility index (Phi) is 5.23. The second-order valence-corrected chi connectivity index (χ2v) is 3.99. The predicted molar refractivity (Wildman–Crippen MR) is 62.7 cm³/mol. The van der Waals surface area contributed by atoms with Crippen LogP contribution in [0.3, 0.4) is 0 Å². The highest BCUT2D eigenvalue weighted by Gasteiger charge is 2.30. The molecule has 1 aromatic heterocycles. The molecule has 0 atom stereocenters. The monoisotopic (exact) mass is 258 g/mol. The average Bonchev–Trinajstić information content (AvgIpc) is 2.85. The molecule has 0 fully saturated rings. The lowest BCUT2D eigenvalue weighted by Gasteiger charge is -2.28. The summed E-state index contributed by atoms with van der Waals surface area (Å²) in [5.41, 5.74) is 4.04. The predicted octanol–water partition coefficient (Wildman–Crippen LogP) is -2.71. The summed E-state index contributed by atoms with van der Waals surface area (Å²) in [5.74, 6) is -0.581. The zero-order chi connectivity index (χ0) is 13.6. The van der Waals surface area contributed by atoms with Gasteiger partial charge in [-0.3, -0.25) is 4.79 Å². The fraction of sp³-hybridized carbons (Fsp3) is 0.600. The minimum Gasteiger partial charge on any atom is -0.394 e. The number of rotatable bonds is 7. The smallest absolute Gasteiger partial charge is 0.272 e. The average molecular weight is 258 g/mol. The van der Waals surface area contributed by atoms with Crippen molar-refractivity contribution in [2.45, 2.75) is 12.1 Å². The molecule has 8 nitrogen and oxygen atoms in total. The number of hydrogen-bond donors (Lipinski definition) is 5. The van der Waals surface area contributed by atoms with Crippen LogP contribution in [0.4, 0.5) is 0 Å². The first-order valence-corrected chi connectivity index (χ1v) is 5.47. The van der Waals surface area contributed by atoms with E-state index in [1.54, 1.807) is 4.57 Å². The van der Waals surface area contributed by atoms with Gasteiger partial charge in [0.15, 0.2) is 0 Å². The lowest BCUT2D eigenvalue weighted by Crippen LogP contribution is -2.57. The summed E-state index contributed by atoms with van der Waals surface area (Å²) in [6, 6.07) is 0. The van der Waals surface area contributed by atoms with Crippen LogP contribution in [-0.4, -0.2) is 62.7 Å². The highest BCUT2D eigenvalue weighted by atomic mass is 16.3. The number of aliphatic hydroxyl groups is 3. The zero-order valence-corrected chi connectivity index (χ0v) is 9.91. The van der Waals surface area contributed by atoms with Crippen LogP contribution in [0.2, 0.25) is 0 Å². The first kappa shape index (κ1) is 14.6. The van der Waals surface area contributed by atoms with Gasteiger partial charge >= 0.3 is 0 Å². The van der Waals surface area contributed by atoms with Crippen LogP contribution in [0.1, 0.15) is 10.5 Å². The van der Waals surface area contributed by atoms with Gasteiger partial charge < -0.3 is 30.9 Å². The highest BCUT2D eigenvalue weighted by molar-refractivity contribution is 5.92. The molecule has 1 amide bonds. The summed E-state index contributed by atoms with van der Waals surface area (Å²) in [4.78, 5) is 15.7. The van der Waals surface area contributed by atoms with Crippen LogP contribution in [0.15, 0.2) is 12.5 Å². The van der Waals surface area contributed by atoms with Gasteiger partial charge in [0.2, 0.25) is 0 Å². The van der Waals surface area contributed by atoms with E-state index in [0.717, 1.165) is 0 Å². The molecule has 1 heterocycles. The number of aliphatic hydroxyl groups excluding tert-OH is 3. The molecule has 0 aliphatic rings. The maximum Gasteiger partial charge on any atom is 0.272 e. The maximum absolute atomic E-state index is 11.8. The van der Waals surface area contributed by atoms with Gasteiger partial charge in [-0.2, -0.15) is 0 Å². The van der Waals surface area contributed by atoms with E-state index in [9.17, 15) is 4.79 Å². The normalized spacial score (nSPS) is 11.6. The fourth-order valence-electron chi connectivity index (χ4n) is 1.32. The summed E-state index contributed by atoms with van der Waals surface area (Å²) in [7, 11) is 0. The Morgan fingerprint density at radius 1 is 1.39 bits per heavy atom. The number of amides is 1. The van der Waals surface area contributed by atoms with Crippen LogP contribution < -0.4 is 11.1 Å². The van der Waals surface area contributed by atoms with Crippen molar-refractivity contribution in [2.24, 2.45) is 5.73 Å². The molecule has 8 heteroatoms. The van der Waals surface area contributed by atoms with Crippen molar-refractivity contribution in [3.63, 3.8) is 0 Å². The van der Waals surface area contributed by atoms with Crippen molar-refractivity contribution in [2.75, 3.05) is 26.4 Å². The molecule has 0 saturated carbocycles. The summed E-state index contributed by atoms with van der Waals surface area (Å²) in [5, 5.41) is 29.6. The number of hydrogen-bond acceptors (Lipinski definition) is 6. The van der Waals surface area contributed by atoms with E-state index in [-0.39, 0.29) is 5.69 Å². The van der Waals surface area contributed by atoms with Crippen molar-refractivity contribution < 1.29 is 20.1 Å². The zero-order valence-electron chi connectivity index (χ0n) is 9.91. The molecule has 0 unspecified atom stereocenters. The van der Waals surface area contributed by atoms with E-state index in [0.29, 0.717) is 13.1 Å². The Bertz CT molecular complexity index is 381. The third-order valence-corrected chi connectivity index (χ3v) is 2.54. The molecule has 0 spiro atoms. The van der Waals surface area contributed by atoms with Crippen LogP contribution in [-0.2, 0) is 6.54 Å². The lowest BCUT2D eigenvalue weighted by molar-refractivity contribution is 0.0373. The fourth-order valence-corrected chi connectivity index (χ4v) is 1.32. The van der Waals surface area contributed by atoms with Gasteiger partial charge in [0.1, 0.15) is 11.2 Å². The Labute approximate surface area is 104 Å². The highest BCUT2D eigenvalue weighted by Crippen LogP contribution is 2.04. The van der Waals surface area contributed by atoms with Crippen LogP contribution in [0.5, 0.6) is 0 Å². The minimum atomic E-state index is -1.45. The lowest BCUT2D eigenvalue weighted by atomic mass is 10.0. The molecular weight excluding hydrogens is 240 g/mol. The number of carbonyl (C=O) groups excluding carboxylic acids is 1. The number of imidazole rings is 1. The number of nitrogens with zero attached hydrogens (tertiary/aromatic N) is 2. The van der Waals surface area contributed by atoms with Gasteiger partial charge in [-0.15, -0.1) is 0 Å². The standard InChI is InChI=1S/C10H18N4O4/c11-1-2-14-3-8(12-7-14)9(18)13-10(4-15,5-16)6-17/h3,7,15-17H,1-2,4-6,11H2,(H,13,18). The molecule has 0 bridgehead atoms.